The SMILES string of the molecule is COc1ccc([C@@H](C)NC(=O)CN(c2ccc(Cl)cc2C)S(=O)(=O)c2ccc(C)cc2)cc1OC. The van der Waals surface area contributed by atoms with Gasteiger partial charge >= 0.3 is 0 Å². The Kier molecular flexibility index (Phi) is 8.30. The van der Waals surface area contributed by atoms with Crippen LogP contribution in [0.5, 0.6) is 11.5 Å². The van der Waals surface area contributed by atoms with Gasteiger partial charge in [0.1, 0.15) is 6.54 Å². The summed E-state index contributed by atoms with van der Waals surface area (Å²) in [4.78, 5) is 13.2. The number of benzene rings is 3. The summed E-state index contributed by atoms with van der Waals surface area (Å²) >= 11 is 6.09. The van der Waals surface area contributed by atoms with E-state index in [2.05, 4.69) is 5.32 Å². The number of ether oxygens (including phenoxy) is 2. The number of nitrogens with one attached hydrogen (secondary N) is 1. The minimum absolute atomic E-state index is 0.0955. The molecule has 0 aromatic heterocycles. The number of carbonyl (C=O) groups is 1. The van der Waals surface area contributed by atoms with Gasteiger partial charge in [-0.05, 0) is 74.4 Å². The average molecular weight is 517 g/mol. The van der Waals surface area contributed by atoms with Gasteiger partial charge < -0.3 is 14.8 Å². The van der Waals surface area contributed by atoms with E-state index in [-0.39, 0.29) is 4.90 Å². The van der Waals surface area contributed by atoms with Crippen molar-refractivity contribution in [1.82, 2.24) is 5.32 Å². The molecule has 1 amide bonds. The van der Waals surface area contributed by atoms with Crippen molar-refractivity contribution in [3.8, 4) is 11.5 Å². The minimum Gasteiger partial charge on any atom is -0.493 e. The molecule has 0 heterocycles. The molecule has 35 heavy (non-hydrogen) atoms. The summed E-state index contributed by atoms with van der Waals surface area (Å²) < 4.78 is 38.9. The third kappa shape index (κ3) is 6.07. The normalized spacial score (nSPS) is 12.1. The molecule has 0 saturated heterocycles. The Bertz CT molecular complexity index is 1310. The van der Waals surface area contributed by atoms with Gasteiger partial charge in [-0.1, -0.05) is 35.4 Å². The van der Waals surface area contributed by atoms with Crippen molar-refractivity contribution in [3.63, 3.8) is 0 Å². The molecule has 0 bridgehead atoms. The topological polar surface area (TPSA) is 84.9 Å². The number of nitrogens with zero attached hydrogens (tertiary/aromatic N) is 1. The van der Waals surface area contributed by atoms with E-state index in [1.54, 1.807) is 56.5 Å². The van der Waals surface area contributed by atoms with Crippen LogP contribution in [0.25, 0.3) is 0 Å². The maximum atomic E-state index is 13.6. The Morgan fingerprint density at radius 3 is 2.23 bits per heavy atom. The molecule has 0 saturated carbocycles. The molecule has 3 rings (SSSR count). The lowest BCUT2D eigenvalue weighted by molar-refractivity contribution is -0.120. The molecule has 3 aromatic carbocycles. The van der Waals surface area contributed by atoms with Crippen LogP contribution in [0.15, 0.2) is 65.6 Å². The van der Waals surface area contributed by atoms with Gasteiger partial charge in [0.2, 0.25) is 5.91 Å². The first-order valence-electron chi connectivity index (χ1n) is 10.9. The van der Waals surface area contributed by atoms with Gasteiger partial charge in [0.15, 0.2) is 11.5 Å². The molecule has 3 aromatic rings. The third-order valence-corrected chi connectivity index (χ3v) is 7.62. The summed E-state index contributed by atoms with van der Waals surface area (Å²) in [7, 11) is -0.947. The highest BCUT2D eigenvalue weighted by Crippen LogP contribution is 2.31. The van der Waals surface area contributed by atoms with Crippen molar-refractivity contribution < 1.29 is 22.7 Å². The Morgan fingerprint density at radius 2 is 1.63 bits per heavy atom. The molecular formula is C26H29ClN2O5S. The fraction of sp³-hybridized carbons (Fsp3) is 0.269. The minimum atomic E-state index is -4.03. The molecule has 1 N–H and O–H groups in total. The van der Waals surface area contributed by atoms with Crippen LogP contribution in [-0.4, -0.2) is 35.1 Å². The second-order valence-electron chi connectivity index (χ2n) is 8.16. The van der Waals surface area contributed by atoms with Crippen LogP contribution in [-0.2, 0) is 14.8 Å². The van der Waals surface area contributed by atoms with E-state index in [4.69, 9.17) is 21.1 Å². The maximum Gasteiger partial charge on any atom is 0.264 e. The number of aryl methyl sites for hydroxylation is 2. The number of halogens is 1. The second kappa shape index (κ2) is 11.0. The van der Waals surface area contributed by atoms with E-state index in [1.165, 1.54) is 19.2 Å². The van der Waals surface area contributed by atoms with Crippen LogP contribution < -0.4 is 19.1 Å². The predicted molar refractivity (Wildman–Crippen MR) is 138 cm³/mol. The van der Waals surface area contributed by atoms with Crippen LogP contribution >= 0.6 is 11.6 Å². The van der Waals surface area contributed by atoms with Crippen LogP contribution in [0.1, 0.15) is 29.7 Å². The summed E-state index contributed by atoms with van der Waals surface area (Å²) in [5.74, 6) is 0.646. The zero-order chi connectivity index (χ0) is 25.8. The van der Waals surface area contributed by atoms with Crippen LogP contribution in [0.4, 0.5) is 5.69 Å². The Balaban J connectivity index is 1.91. The molecule has 0 spiro atoms. The molecule has 7 nitrogen and oxygen atoms in total. The molecule has 0 radical (unpaired) electrons. The number of carbonyl (C=O) groups excluding carboxylic acids is 1. The first kappa shape index (κ1) is 26.4. The molecule has 9 heteroatoms. The highest BCUT2D eigenvalue weighted by atomic mass is 35.5. The van der Waals surface area contributed by atoms with E-state index in [9.17, 15) is 13.2 Å². The van der Waals surface area contributed by atoms with E-state index >= 15 is 0 Å². The number of sulfonamides is 1. The van der Waals surface area contributed by atoms with Crippen LogP contribution in [0, 0.1) is 13.8 Å². The van der Waals surface area contributed by atoms with Gasteiger partial charge in [0, 0.05) is 5.02 Å². The number of methoxy groups -OCH3 is 2. The first-order chi connectivity index (χ1) is 16.6. The number of anilines is 1. The molecule has 0 aliphatic rings. The van der Waals surface area contributed by atoms with E-state index in [0.717, 1.165) is 15.4 Å². The quantitative estimate of drug-likeness (QED) is 0.430. The molecular weight excluding hydrogens is 488 g/mol. The fourth-order valence-corrected chi connectivity index (χ4v) is 5.37. The Morgan fingerprint density at radius 1 is 0.971 bits per heavy atom. The van der Waals surface area contributed by atoms with Crippen molar-refractivity contribution in [2.45, 2.75) is 31.7 Å². The van der Waals surface area contributed by atoms with Crippen molar-refractivity contribution in [1.29, 1.82) is 0 Å². The van der Waals surface area contributed by atoms with Crippen molar-refractivity contribution in [3.05, 3.63) is 82.4 Å². The zero-order valence-electron chi connectivity index (χ0n) is 20.3. The van der Waals surface area contributed by atoms with Gasteiger partial charge in [-0.25, -0.2) is 8.42 Å². The summed E-state index contributed by atoms with van der Waals surface area (Å²) in [6.07, 6.45) is 0. The molecule has 0 aliphatic carbocycles. The van der Waals surface area contributed by atoms with Crippen molar-refractivity contribution >= 4 is 33.2 Å². The largest absolute Gasteiger partial charge is 0.493 e. The van der Waals surface area contributed by atoms with Gasteiger partial charge in [-0.2, -0.15) is 0 Å². The lowest BCUT2D eigenvalue weighted by atomic mass is 10.1. The van der Waals surface area contributed by atoms with Gasteiger partial charge in [-0.15, -0.1) is 0 Å². The van der Waals surface area contributed by atoms with Crippen LogP contribution in [0.3, 0.4) is 0 Å². The smallest absolute Gasteiger partial charge is 0.264 e. The average Bonchev–Trinajstić information content (AvgIpc) is 2.82. The summed E-state index contributed by atoms with van der Waals surface area (Å²) in [6, 6.07) is 16.3. The molecule has 0 fully saturated rings. The summed E-state index contributed by atoms with van der Waals surface area (Å²) in [6.45, 7) is 5.03. The molecule has 1 atom stereocenters. The number of hydrogen-bond acceptors (Lipinski definition) is 5. The number of hydrogen-bond donors (Lipinski definition) is 1. The van der Waals surface area contributed by atoms with Crippen molar-refractivity contribution in [2.75, 3.05) is 25.1 Å². The summed E-state index contributed by atoms with van der Waals surface area (Å²) in [5, 5.41) is 3.36. The van der Waals surface area contributed by atoms with E-state index < -0.39 is 28.5 Å². The number of rotatable bonds is 9. The maximum absolute atomic E-state index is 13.6. The lowest BCUT2D eigenvalue weighted by Gasteiger charge is -2.26. The zero-order valence-corrected chi connectivity index (χ0v) is 21.9. The molecule has 0 aliphatic heterocycles. The summed E-state index contributed by atoms with van der Waals surface area (Å²) in [5.41, 5.74) is 2.73. The highest BCUT2D eigenvalue weighted by Gasteiger charge is 2.29. The molecule has 0 unspecified atom stereocenters. The molecule has 186 valence electrons. The van der Waals surface area contributed by atoms with Gasteiger partial charge in [0.25, 0.3) is 10.0 Å². The predicted octanol–water partition coefficient (Wildman–Crippen LogP) is 5.05. The Labute approximate surface area is 211 Å². The number of amides is 1. The van der Waals surface area contributed by atoms with E-state index in [1.807, 2.05) is 19.9 Å². The fourth-order valence-electron chi connectivity index (χ4n) is 3.66. The van der Waals surface area contributed by atoms with Gasteiger partial charge in [-0.3, -0.25) is 9.10 Å². The monoisotopic (exact) mass is 516 g/mol. The second-order valence-corrected chi connectivity index (χ2v) is 10.5. The highest BCUT2D eigenvalue weighted by molar-refractivity contribution is 7.92. The third-order valence-electron chi connectivity index (χ3n) is 5.61. The standard InChI is InChI=1S/C26H29ClN2O5S/c1-17-6-10-22(11-7-17)35(31,32)29(23-12-9-21(27)14-18(23)2)16-26(30)28-19(3)20-8-13-24(33-4)25(15-20)34-5/h6-15,19H,16H2,1-5H3,(H,28,30)/t19-/m1/s1. The lowest BCUT2D eigenvalue weighted by Crippen LogP contribution is -2.41. The first-order valence-corrected chi connectivity index (χ1v) is 12.8. The Hall–Kier alpha value is -3.23. The van der Waals surface area contributed by atoms with Crippen molar-refractivity contribution in [2.24, 2.45) is 0 Å². The van der Waals surface area contributed by atoms with E-state index in [0.29, 0.717) is 27.8 Å². The van der Waals surface area contributed by atoms with Crippen LogP contribution in [0.2, 0.25) is 5.02 Å². The van der Waals surface area contributed by atoms with Gasteiger partial charge in [0.05, 0.1) is 30.8 Å².